The minimum absolute atomic E-state index is 0.207. The molecule has 0 bridgehead atoms. The number of carboxylic acids is 1. The smallest absolute Gasteiger partial charge is 0.355 e. The fourth-order valence-electron chi connectivity index (χ4n) is 0.407. The van der Waals surface area contributed by atoms with Crippen LogP contribution in [0.4, 0.5) is 0 Å². The molecule has 0 aromatic heterocycles. The fourth-order valence-corrected chi connectivity index (χ4v) is 0.407. The summed E-state index contributed by atoms with van der Waals surface area (Å²) >= 11 is 0. The van der Waals surface area contributed by atoms with Gasteiger partial charge in [0.2, 0.25) is 0 Å². The normalized spacial score (nSPS) is 10.3. The number of hydrogen-bond acceptors (Lipinski definition) is 3. The van der Waals surface area contributed by atoms with Gasteiger partial charge in [-0.15, -0.1) is 5.11 Å². The number of azo groups is 1. The molecule has 1 N–H and O–H groups in total. The molecule has 62 valence electrons. The summed E-state index contributed by atoms with van der Waals surface area (Å²) < 4.78 is 0. The summed E-state index contributed by atoms with van der Waals surface area (Å²) in [7, 11) is 0. The molecule has 4 nitrogen and oxygen atoms in total. The lowest BCUT2D eigenvalue weighted by atomic mass is 10.3. The van der Waals surface area contributed by atoms with E-state index in [0.29, 0.717) is 6.54 Å². The molecule has 0 radical (unpaired) electrons. The minimum atomic E-state index is -1.12. The van der Waals surface area contributed by atoms with Crippen LogP contribution in [0.2, 0.25) is 0 Å². The molecule has 0 rings (SSSR count). The van der Waals surface area contributed by atoms with Crippen molar-refractivity contribution in [1.82, 2.24) is 0 Å². The Labute approximate surface area is 65.6 Å². The minimum Gasteiger partial charge on any atom is -0.476 e. The third kappa shape index (κ3) is 5.26. The predicted octanol–water partition coefficient (Wildman–Crippen LogP) is 1.84. The summed E-state index contributed by atoms with van der Waals surface area (Å²) in [6, 6.07) is 0. The molecule has 4 heteroatoms. The first-order valence-corrected chi connectivity index (χ1v) is 3.48. The van der Waals surface area contributed by atoms with Crippen molar-refractivity contribution in [1.29, 1.82) is 0 Å². The average Bonchev–Trinajstić information content (AvgIpc) is 1.97. The zero-order valence-electron chi connectivity index (χ0n) is 6.58. The first-order valence-electron chi connectivity index (χ1n) is 3.48. The lowest BCUT2D eigenvalue weighted by Gasteiger charge is -1.89. The molecular formula is C7H12N2O2. The van der Waals surface area contributed by atoms with Gasteiger partial charge < -0.3 is 5.11 Å². The second-order valence-electron chi connectivity index (χ2n) is 2.07. The van der Waals surface area contributed by atoms with Crippen LogP contribution in [0.1, 0.15) is 19.8 Å². The Morgan fingerprint density at radius 2 is 2.27 bits per heavy atom. The fraction of sp³-hybridized carbons (Fsp3) is 0.571. The van der Waals surface area contributed by atoms with E-state index >= 15 is 0 Å². The van der Waals surface area contributed by atoms with Crippen molar-refractivity contribution in [3.8, 4) is 0 Å². The highest BCUT2D eigenvalue weighted by atomic mass is 16.4. The van der Waals surface area contributed by atoms with Crippen LogP contribution in [-0.2, 0) is 4.79 Å². The standard InChI is InChI=1S/C7H12N2O2/c1-3-4-5-8-9-6(2)7(10)11/h2-5H2,1H3,(H,10,11). The molecule has 0 spiro atoms. The van der Waals surface area contributed by atoms with Crippen molar-refractivity contribution in [3.63, 3.8) is 0 Å². The molecule has 0 heterocycles. The van der Waals surface area contributed by atoms with Crippen LogP contribution in [0.25, 0.3) is 0 Å². The highest BCUT2D eigenvalue weighted by Crippen LogP contribution is 1.94. The first-order chi connectivity index (χ1) is 5.18. The van der Waals surface area contributed by atoms with E-state index in [-0.39, 0.29) is 5.70 Å². The van der Waals surface area contributed by atoms with Crippen molar-refractivity contribution in [2.45, 2.75) is 19.8 Å². The molecule has 11 heavy (non-hydrogen) atoms. The molecule has 0 aromatic carbocycles. The van der Waals surface area contributed by atoms with Crippen molar-refractivity contribution in [2.75, 3.05) is 6.54 Å². The number of aliphatic carboxylic acids is 1. The van der Waals surface area contributed by atoms with Gasteiger partial charge in [-0.2, -0.15) is 5.11 Å². The highest BCUT2D eigenvalue weighted by Gasteiger charge is 1.99. The number of hydrogen-bond donors (Lipinski definition) is 1. The van der Waals surface area contributed by atoms with Crippen molar-refractivity contribution in [2.24, 2.45) is 10.2 Å². The summed E-state index contributed by atoms with van der Waals surface area (Å²) in [6.07, 6.45) is 1.95. The number of carboxylic acid groups (broad SMARTS) is 1. The topological polar surface area (TPSA) is 62.0 Å². The van der Waals surface area contributed by atoms with Crippen molar-refractivity contribution in [3.05, 3.63) is 12.3 Å². The molecule has 0 saturated heterocycles. The van der Waals surface area contributed by atoms with Gasteiger partial charge in [0.05, 0.1) is 6.54 Å². The molecule has 0 aliphatic rings. The van der Waals surface area contributed by atoms with E-state index in [4.69, 9.17) is 5.11 Å². The number of rotatable bonds is 5. The van der Waals surface area contributed by atoms with Gasteiger partial charge in [-0.25, -0.2) is 4.79 Å². The van der Waals surface area contributed by atoms with Crippen LogP contribution in [0.15, 0.2) is 22.5 Å². The van der Waals surface area contributed by atoms with E-state index in [1.54, 1.807) is 0 Å². The van der Waals surface area contributed by atoms with Gasteiger partial charge in [0.1, 0.15) is 0 Å². The Bertz CT molecular complexity index is 175. The van der Waals surface area contributed by atoms with E-state index in [0.717, 1.165) is 12.8 Å². The molecular weight excluding hydrogens is 144 g/mol. The summed E-state index contributed by atoms with van der Waals surface area (Å²) in [5, 5.41) is 15.3. The summed E-state index contributed by atoms with van der Waals surface area (Å²) in [5.74, 6) is -1.12. The highest BCUT2D eigenvalue weighted by molar-refractivity contribution is 5.85. The Hall–Kier alpha value is -1.19. The van der Waals surface area contributed by atoms with E-state index in [2.05, 4.69) is 16.8 Å². The van der Waals surface area contributed by atoms with Gasteiger partial charge in [-0.3, -0.25) is 0 Å². The molecule has 0 aliphatic carbocycles. The first kappa shape index (κ1) is 9.81. The lowest BCUT2D eigenvalue weighted by molar-refractivity contribution is -0.132. The quantitative estimate of drug-likeness (QED) is 0.375. The maximum absolute atomic E-state index is 10.1. The van der Waals surface area contributed by atoms with Crippen LogP contribution in [0.3, 0.4) is 0 Å². The van der Waals surface area contributed by atoms with Crippen LogP contribution in [0.5, 0.6) is 0 Å². The van der Waals surface area contributed by atoms with Gasteiger partial charge >= 0.3 is 5.97 Å². The van der Waals surface area contributed by atoms with Crippen molar-refractivity contribution < 1.29 is 9.90 Å². The van der Waals surface area contributed by atoms with Crippen LogP contribution < -0.4 is 0 Å². The second-order valence-corrected chi connectivity index (χ2v) is 2.07. The van der Waals surface area contributed by atoms with Crippen LogP contribution in [0, 0.1) is 0 Å². The van der Waals surface area contributed by atoms with Crippen LogP contribution >= 0.6 is 0 Å². The third-order valence-electron chi connectivity index (χ3n) is 1.05. The maximum atomic E-state index is 10.1. The summed E-state index contributed by atoms with van der Waals surface area (Å²) in [5.41, 5.74) is -0.207. The molecule has 0 atom stereocenters. The SMILES string of the molecule is C=C(N=NCCCC)C(=O)O. The molecule has 0 amide bonds. The maximum Gasteiger partial charge on any atom is 0.355 e. The van der Waals surface area contributed by atoms with E-state index < -0.39 is 5.97 Å². The monoisotopic (exact) mass is 156 g/mol. The van der Waals surface area contributed by atoms with Gasteiger partial charge in [0.15, 0.2) is 5.70 Å². The zero-order chi connectivity index (χ0) is 8.69. The van der Waals surface area contributed by atoms with Gasteiger partial charge in [0.25, 0.3) is 0 Å². The molecule has 0 aromatic rings. The van der Waals surface area contributed by atoms with Gasteiger partial charge in [-0.05, 0) is 6.42 Å². The average molecular weight is 156 g/mol. The van der Waals surface area contributed by atoms with Gasteiger partial charge in [0, 0.05) is 0 Å². The Morgan fingerprint density at radius 3 is 2.73 bits per heavy atom. The van der Waals surface area contributed by atoms with Crippen molar-refractivity contribution >= 4 is 5.97 Å². The van der Waals surface area contributed by atoms with Gasteiger partial charge in [-0.1, -0.05) is 19.9 Å². The number of unbranched alkanes of at least 4 members (excludes halogenated alkanes) is 1. The largest absolute Gasteiger partial charge is 0.476 e. The molecule has 0 fully saturated rings. The van der Waals surface area contributed by atoms with E-state index in [9.17, 15) is 4.79 Å². The third-order valence-corrected chi connectivity index (χ3v) is 1.05. The Kier molecular flexibility index (Phi) is 4.98. The van der Waals surface area contributed by atoms with Crippen LogP contribution in [-0.4, -0.2) is 17.6 Å². The number of carbonyl (C=O) groups is 1. The summed E-state index contributed by atoms with van der Waals surface area (Å²) in [4.78, 5) is 10.1. The second kappa shape index (κ2) is 5.58. The Balaban J connectivity index is 3.57. The molecule has 0 saturated carbocycles. The predicted molar refractivity (Wildman–Crippen MR) is 41.4 cm³/mol. The Morgan fingerprint density at radius 1 is 1.64 bits per heavy atom. The lowest BCUT2D eigenvalue weighted by Crippen LogP contribution is -1.94. The molecule has 0 unspecified atom stereocenters. The number of nitrogens with zero attached hydrogens (tertiary/aromatic N) is 2. The van der Waals surface area contributed by atoms with E-state index in [1.165, 1.54) is 0 Å². The van der Waals surface area contributed by atoms with E-state index in [1.807, 2.05) is 6.92 Å². The molecule has 0 aliphatic heterocycles. The summed E-state index contributed by atoms with van der Waals surface area (Å²) in [6.45, 7) is 5.79. The zero-order valence-corrected chi connectivity index (χ0v) is 6.58.